The van der Waals surface area contributed by atoms with Crippen molar-refractivity contribution in [1.82, 2.24) is 9.55 Å². The number of halogens is 3. The molecule has 4 nitrogen and oxygen atoms in total. The van der Waals surface area contributed by atoms with Crippen molar-refractivity contribution in [1.29, 1.82) is 0 Å². The maximum Gasteiger partial charge on any atom is 0.261 e. The zero-order chi connectivity index (χ0) is 29.0. The van der Waals surface area contributed by atoms with Crippen LogP contribution in [-0.4, -0.2) is 21.6 Å². The Labute approximate surface area is 245 Å². The third kappa shape index (κ3) is 6.70. The first kappa shape index (κ1) is 29.0. The van der Waals surface area contributed by atoms with Crippen molar-refractivity contribution in [3.8, 4) is 22.6 Å². The van der Waals surface area contributed by atoms with E-state index < -0.39 is 5.92 Å². The standard InChI is InChI=1S/C34H35ClF2N2O2/c1-3-7-31-29(22-23-10-12-24(13-11-23)28-8-5-6-9-30(28)35)33(40)39(32(4-2)38-31)25-14-16-26(17-15-25)41-27-18-20-34(36,37)21-19-27/h5-6,8-17,27H,3-4,7,18-22H2,1-2H3. The molecule has 0 saturated heterocycles. The first-order chi connectivity index (χ1) is 19.8. The van der Waals surface area contributed by atoms with E-state index in [1.54, 1.807) is 16.7 Å². The molecule has 4 aromatic rings. The summed E-state index contributed by atoms with van der Waals surface area (Å²) < 4.78 is 34.7. The molecule has 1 fully saturated rings. The van der Waals surface area contributed by atoms with Crippen LogP contribution in [0.25, 0.3) is 16.8 Å². The molecular formula is C34H35ClF2N2O2. The number of aryl methyl sites for hydroxylation is 2. The third-order valence-corrected chi connectivity index (χ3v) is 8.05. The van der Waals surface area contributed by atoms with Gasteiger partial charge in [-0.2, -0.15) is 0 Å². The second kappa shape index (κ2) is 12.6. The van der Waals surface area contributed by atoms with Gasteiger partial charge >= 0.3 is 0 Å². The summed E-state index contributed by atoms with van der Waals surface area (Å²) in [7, 11) is 0. The normalized spacial score (nSPS) is 15.1. The van der Waals surface area contributed by atoms with E-state index in [-0.39, 0.29) is 24.5 Å². The fourth-order valence-electron chi connectivity index (χ4n) is 5.47. The molecule has 0 N–H and O–H groups in total. The summed E-state index contributed by atoms with van der Waals surface area (Å²) in [5.74, 6) is -1.27. The number of benzene rings is 3. The number of hydrogen-bond donors (Lipinski definition) is 0. The Morgan fingerprint density at radius 2 is 1.66 bits per heavy atom. The van der Waals surface area contributed by atoms with Gasteiger partial charge in [-0.25, -0.2) is 13.8 Å². The van der Waals surface area contributed by atoms with Crippen LogP contribution in [0.4, 0.5) is 8.78 Å². The van der Waals surface area contributed by atoms with Gasteiger partial charge in [0.25, 0.3) is 5.56 Å². The van der Waals surface area contributed by atoms with Crippen molar-refractivity contribution in [2.45, 2.75) is 77.2 Å². The van der Waals surface area contributed by atoms with Gasteiger partial charge in [0, 0.05) is 41.8 Å². The third-order valence-electron chi connectivity index (χ3n) is 7.72. The summed E-state index contributed by atoms with van der Waals surface area (Å²) >= 11 is 6.39. The summed E-state index contributed by atoms with van der Waals surface area (Å²) in [6.07, 6.45) is 2.84. The van der Waals surface area contributed by atoms with Crippen molar-refractivity contribution in [3.63, 3.8) is 0 Å². The van der Waals surface area contributed by atoms with E-state index in [1.807, 2.05) is 67.6 Å². The molecule has 0 unspecified atom stereocenters. The second-order valence-electron chi connectivity index (χ2n) is 10.7. The van der Waals surface area contributed by atoms with Gasteiger partial charge in [-0.1, -0.05) is 74.3 Å². The predicted octanol–water partition coefficient (Wildman–Crippen LogP) is 8.62. The highest BCUT2D eigenvalue weighted by Crippen LogP contribution is 2.35. The number of nitrogens with zero attached hydrogens (tertiary/aromatic N) is 2. The van der Waals surface area contributed by atoms with E-state index in [2.05, 4.69) is 6.92 Å². The van der Waals surface area contributed by atoms with Gasteiger partial charge in [0.1, 0.15) is 11.6 Å². The molecule has 0 amide bonds. The van der Waals surface area contributed by atoms with Crippen LogP contribution in [0, 0.1) is 0 Å². The summed E-state index contributed by atoms with van der Waals surface area (Å²) in [6, 6.07) is 23.2. The fraction of sp³-hybridized carbons (Fsp3) is 0.353. The summed E-state index contributed by atoms with van der Waals surface area (Å²) in [4.78, 5) is 19.0. The van der Waals surface area contributed by atoms with Crippen LogP contribution in [0.3, 0.4) is 0 Å². The van der Waals surface area contributed by atoms with E-state index in [1.165, 1.54) is 0 Å². The van der Waals surface area contributed by atoms with Crippen LogP contribution < -0.4 is 10.3 Å². The number of ether oxygens (including phenoxy) is 1. The average Bonchev–Trinajstić information content (AvgIpc) is 2.97. The van der Waals surface area contributed by atoms with E-state index in [9.17, 15) is 13.6 Å². The van der Waals surface area contributed by atoms with Gasteiger partial charge < -0.3 is 4.74 Å². The van der Waals surface area contributed by atoms with Crippen LogP contribution >= 0.6 is 11.6 Å². The molecule has 0 spiro atoms. The van der Waals surface area contributed by atoms with Crippen molar-refractivity contribution >= 4 is 11.6 Å². The van der Waals surface area contributed by atoms with E-state index in [4.69, 9.17) is 21.3 Å². The number of aromatic nitrogens is 2. The SMILES string of the molecule is CCCc1nc(CC)n(-c2ccc(OC3CCC(F)(F)CC3)cc2)c(=O)c1Cc1ccc(-c2ccccc2Cl)cc1. The van der Waals surface area contributed by atoms with Gasteiger partial charge in [-0.3, -0.25) is 9.36 Å². The Kier molecular flexibility index (Phi) is 8.88. The molecule has 214 valence electrons. The Bertz CT molecular complexity index is 1540. The van der Waals surface area contributed by atoms with E-state index in [0.29, 0.717) is 53.5 Å². The second-order valence-corrected chi connectivity index (χ2v) is 11.1. The molecule has 0 aliphatic heterocycles. The zero-order valence-electron chi connectivity index (χ0n) is 23.5. The molecule has 7 heteroatoms. The minimum Gasteiger partial charge on any atom is -0.490 e. The first-order valence-corrected chi connectivity index (χ1v) is 14.8. The minimum atomic E-state index is -2.59. The van der Waals surface area contributed by atoms with Crippen LogP contribution in [-0.2, 0) is 19.3 Å². The van der Waals surface area contributed by atoms with Gasteiger partial charge in [0.2, 0.25) is 5.92 Å². The molecule has 41 heavy (non-hydrogen) atoms. The van der Waals surface area contributed by atoms with E-state index >= 15 is 0 Å². The average molecular weight is 577 g/mol. The molecule has 1 heterocycles. The van der Waals surface area contributed by atoms with Crippen LogP contribution in [0.2, 0.25) is 5.02 Å². The monoisotopic (exact) mass is 576 g/mol. The van der Waals surface area contributed by atoms with Crippen molar-refractivity contribution in [2.24, 2.45) is 0 Å². The molecule has 1 aliphatic rings. The quantitative estimate of drug-likeness (QED) is 0.200. The highest BCUT2D eigenvalue weighted by Gasteiger charge is 2.35. The summed E-state index contributed by atoms with van der Waals surface area (Å²) in [5.41, 5.74) is 5.19. The molecule has 5 rings (SSSR count). The Hall–Kier alpha value is -3.51. The molecule has 1 aromatic heterocycles. The number of alkyl halides is 2. The molecule has 3 aromatic carbocycles. The van der Waals surface area contributed by atoms with Crippen molar-refractivity contribution < 1.29 is 13.5 Å². The van der Waals surface area contributed by atoms with Gasteiger partial charge in [-0.05, 0) is 60.7 Å². The molecule has 1 saturated carbocycles. The summed E-state index contributed by atoms with van der Waals surface area (Å²) in [6.45, 7) is 4.09. The Morgan fingerprint density at radius 3 is 2.29 bits per heavy atom. The Balaban J connectivity index is 1.43. The van der Waals surface area contributed by atoms with Crippen LogP contribution in [0.15, 0.2) is 77.6 Å². The van der Waals surface area contributed by atoms with Crippen LogP contribution in [0.1, 0.15) is 68.6 Å². The fourth-order valence-corrected chi connectivity index (χ4v) is 5.72. The molecule has 0 bridgehead atoms. The highest BCUT2D eigenvalue weighted by molar-refractivity contribution is 6.33. The van der Waals surface area contributed by atoms with Gasteiger partial charge in [0.05, 0.1) is 17.5 Å². The lowest BCUT2D eigenvalue weighted by atomic mass is 9.94. The Morgan fingerprint density at radius 1 is 0.976 bits per heavy atom. The maximum atomic E-state index is 14.0. The molecular weight excluding hydrogens is 542 g/mol. The maximum absolute atomic E-state index is 14.0. The van der Waals surface area contributed by atoms with Crippen molar-refractivity contribution in [3.05, 3.63) is 111 Å². The molecule has 0 radical (unpaired) electrons. The van der Waals surface area contributed by atoms with Crippen LogP contribution in [0.5, 0.6) is 5.75 Å². The predicted molar refractivity (Wildman–Crippen MR) is 161 cm³/mol. The largest absolute Gasteiger partial charge is 0.490 e. The zero-order valence-corrected chi connectivity index (χ0v) is 24.3. The lowest BCUT2D eigenvalue weighted by molar-refractivity contribution is -0.0582. The first-order valence-electron chi connectivity index (χ1n) is 14.4. The molecule has 0 atom stereocenters. The van der Waals surface area contributed by atoms with Crippen molar-refractivity contribution in [2.75, 3.05) is 0 Å². The lowest BCUT2D eigenvalue weighted by Crippen LogP contribution is -2.30. The number of rotatable bonds is 9. The van der Waals surface area contributed by atoms with Gasteiger partial charge in [0.15, 0.2) is 0 Å². The summed E-state index contributed by atoms with van der Waals surface area (Å²) in [5, 5.41) is 0.699. The topological polar surface area (TPSA) is 44.1 Å². The minimum absolute atomic E-state index is 0.0707. The van der Waals surface area contributed by atoms with E-state index in [0.717, 1.165) is 35.2 Å². The smallest absolute Gasteiger partial charge is 0.261 e. The lowest BCUT2D eigenvalue weighted by Gasteiger charge is -2.28. The highest BCUT2D eigenvalue weighted by atomic mass is 35.5. The van der Waals surface area contributed by atoms with Gasteiger partial charge in [-0.15, -0.1) is 0 Å². The molecule has 1 aliphatic carbocycles. The number of hydrogen-bond acceptors (Lipinski definition) is 3.